The molecule has 0 aromatic heterocycles. The van der Waals surface area contributed by atoms with Crippen LogP contribution >= 0.6 is 0 Å². The van der Waals surface area contributed by atoms with E-state index in [2.05, 4.69) is 0 Å². The van der Waals surface area contributed by atoms with Gasteiger partial charge >= 0.3 is 0 Å². The molecular formula is C16H18FNO2. The van der Waals surface area contributed by atoms with Crippen LogP contribution in [-0.2, 0) is 11.4 Å². The van der Waals surface area contributed by atoms with Gasteiger partial charge in [-0.3, -0.25) is 4.84 Å². The summed E-state index contributed by atoms with van der Waals surface area (Å²) in [5, 5.41) is 11.6. The zero-order valence-electron chi connectivity index (χ0n) is 11.4. The molecule has 4 heteroatoms. The molecule has 1 atom stereocenters. The van der Waals surface area contributed by atoms with E-state index in [9.17, 15) is 9.50 Å². The Labute approximate surface area is 118 Å². The molecule has 0 aliphatic heterocycles. The van der Waals surface area contributed by atoms with Crippen LogP contribution < -0.4 is 0 Å². The number of hydroxylamine groups is 2. The van der Waals surface area contributed by atoms with Gasteiger partial charge in [0.05, 0.1) is 19.3 Å². The van der Waals surface area contributed by atoms with Gasteiger partial charge in [-0.25, -0.2) is 4.39 Å². The largest absolute Gasteiger partial charge is 0.387 e. The van der Waals surface area contributed by atoms with Gasteiger partial charge in [-0.15, -0.1) is 0 Å². The van der Waals surface area contributed by atoms with Crippen molar-refractivity contribution in [3.05, 3.63) is 71.5 Å². The molecule has 0 saturated carbocycles. The van der Waals surface area contributed by atoms with E-state index in [0.29, 0.717) is 18.7 Å². The maximum atomic E-state index is 12.8. The second kappa shape index (κ2) is 7.14. The molecular weight excluding hydrogens is 257 g/mol. The zero-order valence-corrected chi connectivity index (χ0v) is 11.4. The SMILES string of the molecule is CN(CC(O)c1ccc(F)cc1)OCc1ccccc1. The van der Waals surface area contributed by atoms with Gasteiger partial charge in [0, 0.05) is 7.05 Å². The number of rotatable bonds is 6. The van der Waals surface area contributed by atoms with Crippen LogP contribution in [0.5, 0.6) is 0 Å². The Morgan fingerprint density at radius 2 is 1.75 bits per heavy atom. The van der Waals surface area contributed by atoms with Crippen molar-refractivity contribution >= 4 is 0 Å². The van der Waals surface area contributed by atoms with Gasteiger partial charge in [0.15, 0.2) is 0 Å². The van der Waals surface area contributed by atoms with Crippen LogP contribution in [0.1, 0.15) is 17.2 Å². The number of nitrogens with zero attached hydrogens (tertiary/aromatic N) is 1. The molecule has 20 heavy (non-hydrogen) atoms. The smallest absolute Gasteiger partial charge is 0.123 e. The van der Waals surface area contributed by atoms with Crippen LogP contribution in [0.25, 0.3) is 0 Å². The molecule has 2 rings (SSSR count). The molecule has 0 spiro atoms. The summed E-state index contributed by atoms with van der Waals surface area (Å²) in [6.07, 6.45) is -0.712. The highest BCUT2D eigenvalue weighted by Gasteiger charge is 2.11. The van der Waals surface area contributed by atoms with Gasteiger partial charge in [-0.1, -0.05) is 42.5 Å². The monoisotopic (exact) mass is 275 g/mol. The third kappa shape index (κ3) is 4.42. The Bertz CT molecular complexity index is 516. The summed E-state index contributed by atoms with van der Waals surface area (Å²) in [6.45, 7) is 0.770. The summed E-state index contributed by atoms with van der Waals surface area (Å²) in [6, 6.07) is 15.6. The van der Waals surface area contributed by atoms with Crippen molar-refractivity contribution in [2.24, 2.45) is 0 Å². The number of aliphatic hydroxyl groups is 1. The van der Waals surface area contributed by atoms with Crippen molar-refractivity contribution in [2.45, 2.75) is 12.7 Å². The summed E-state index contributed by atoms with van der Waals surface area (Å²) >= 11 is 0. The highest BCUT2D eigenvalue weighted by Crippen LogP contribution is 2.15. The Balaban J connectivity index is 1.82. The highest BCUT2D eigenvalue weighted by molar-refractivity contribution is 5.18. The van der Waals surface area contributed by atoms with Gasteiger partial charge in [0.25, 0.3) is 0 Å². The van der Waals surface area contributed by atoms with Crippen LogP contribution in [0.3, 0.4) is 0 Å². The predicted molar refractivity (Wildman–Crippen MR) is 75.2 cm³/mol. The zero-order chi connectivity index (χ0) is 14.4. The lowest BCUT2D eigenvalue weighted by molar-refractivity contribution is -0.165. The fourth-order valence-electron chi connectivity index (χ4n) is 1.85. The second-order valence-corrected chi connectivity index (χ2v) is 4.64. The van der Waals surface area contributed by atoms with E-state index >= 15 is 0 Å². The number of halogens is 1. The molecule has 0 aliphatic rings. The topological polar surface area (TPSA) is 32.7 Å². The Morgan fingerprint density at radius 3 is 2.40 bits per heavy atom. The minimum Gasteiger partial charge on any atom is -0.387 e. The first-order chi connectivity index (χ1) is 9.65. The van der Waals surface area contributed by atoms with Crippen LogP contribution in [-0.4, -0.2) is 23.8 Å². The first kappa shape index (κ1) is 14.7. The molecule has 1 N–H and O–H groups in total. The van der Waals surface area contributed by atoms with Gasteiger partial charge in [-0.2, -0.15) is 5.06 Å². The van der Waals surface area contributed by atoms with E-state index in [1.165, 1.54) is 12.1 Å². The Kier molecular flexibility index (Phi) is 5.24. The molecule has 0 amide bonds. The minimum absolute atomic E-state index is 0.311. The third-order valence-electron chi connectivity index (χ3n) is 2.98. The quantitative estimate of drug-likeness (QED) is 0.823. The Hall–Kier alpha value is -1.75. The molecule has 0 bridgehead atoms. The normalized spacial score (nSPS) is 12.6. The highest BCUT2D eigenvalue weighted by atomic mass is 19.1. The summed E-state index contributed by atoms with van der Waals surface area (Å²) < 4.78 is 12.8. The number of hydrogen-bond acceptors (Lipinski definition) is 3. The van der Waals surface area contributed by atoms with E-state index in [-0.39, 0.29) is 5.82 Å². The molecule has 2 aromatic rings. The molecule has 106 valence electrons. The standard InChI is InChI=1S/C16H18FNO2/c1-18(20-12-13-5-3-2-4-6-13)11-16(19)14-7-9-15(17)10-8-14/h2-10,16,19H,11-12H2,1H3. The lowest BCUT2D eigenvalue weighted by Crippen LogP contribution is -2.24. The summed E-state index contributed by atoms with van der Waals surface area (Å²) in [5.41, 5.74) is 1.73. The van der Waals surface area contributed by atoms with Crippen molar-refractivity contribution in [1.82, 2.24) is 5.06 Å². The fraction of sp³-hybridized carbons (Fsp3) is 0.250. The number of aliphatic hydroxyl groups excluding tert-OH is 1. The van der Waals surface area contributed by atoms with Crippen molar-refractivity contribution in [3.8, 4) is 0 Å². The second-order valence-electron chi connectivity index (χ2n) is 4.64. The number of benzene rings is 2. The number of hydrogen-bond donors (Lipinski definition) is 1. The molecule has 0 radical (unpaired) electrons. The minimum atomic E-state index is -0.712. The van der Waals surface area contributed by atoms with Gasteiger partial charge in [-0.05, 0) is 23.3 Å². The van der Waals surface area contributed by atoms with Crippen LogP contribution in [0.15, 0.2) is 54.6 Å². The fourth-order valence-corrected chi connectivity index (χ4v) is 1.85. The van der Waals surface area contributed by atoms with Gasteiger partial charge in [0.2, 0.25) is 0 Å². The molecule has 1 unspecified atom stereocenters. The van der Waals surface area contributed by atoms with E-state index in [4.69, 9.17) is 4.84 Å². The van der Waals surface area contributed by atoms with Crippen molar-refractivity contribution in [2.75, 3.05) is 13.6 Å². The predicted octanol–water partition coefficient (Wildman–Crippen LogP) is 2.92. The maximum absolute atomic E-state index is 12.8. The van der Waals surface area contributed by atoms with E-state index in [0.717, 1.165) is 5.56 Å². The van der Waals surface area contributed by atoms with E-state index in [1.807, 2.05) is 30.3 Å². The molecule has 0 saturated heterocycles. The lowest BCUT2D eigenvalue weighted by Gasteiger charge is -2.20. The molecule has 3 nitrogen and oxygen atoms in total. The van der Waals surface area contributed by atoms with Gasteiger partial charge < -0.3 is 5.11 Å². The summed E-state index contributed by atoms with van der Waals surface area (Å²) in [7, 11) is 1.76. The van der Waals surface area contributed by atoms with Gasteiger partial charge in [0.1, 0.15) is 5.82 Å². The lowest BCUT2D eigenvalue weighted by atomic mass is 10.1. The molecule has 0 heterocycles. The van der Waals surface area contributed by atoms with Crippen molar-refractivity contribution in [1.29, 1.82) is 0 Å². The van der Waals surface area contributed by atoms with Crippen molar-refractivity contribution in [3.63, 3.8) is 0 Å². The first-order valence-electron chi connectivity index (χ1n) is 6.46. The first-order valence-corrected chi connectivity index (χ1v) is 6.46. The van der Waals surface area contributed by atoms with Crippen LogP contribution in [0.2, 0.25) is 0 Å². The maximum Gasteiger partial charge on any atom is 0.123 e. The summed E-state index contributed by atoms with van der Waals surface area (Å²) in [4.78, 5) is 5.54. The van der Waals surface area contributed by atoms with E-state index in [1.54, 1.807) is 24.2 Å². The summed E-state index contributed by atoms with van der Waals surface area (Å²) in [5.74, 6) is -0.311. The number of likely N-dealkylation sites (N-methyl/N-ethyl adjacent to an activating group) is 1. The Morgan fingerprint density at radius 1 is 1.10 bits per heavy atom. The van der Waals surface area contributed by atoms with Crippen LogP contribution in [0.4, 0.5) is 4.39 Å². The van der Waals surface area contributed by atoms with Crippen LogP contribution in [0, 0.1) is 5.82 Å². The van der Waals surface area contributed by atoms with E-state index < -0.39 is 6.10 Å². The molecule has 0 fully saturated rings. The average molecular weight is 275 g/mol. The van der Waals surface area contributed by atoms with Crippen molar-refractivity contribution < 1.29 is 14.3 Å². The molecule has 2 aromatic carbocycles. The third-order valence-corrected chi connectivity index (χ3v) is 2.98. The average Bonchev–Trinajstić information content (AvgIpc) is 2.47. The molecule has 0 aliphatic carbocycles.